The molecular weight excluding hydrogens is 376 g/mol. The number of nitrogens with zero attached hydrogens (tertiary/aromatic N) is 3. The van der Waals surface area contributed by atoms with Crippen molar-refractivity contribution in [2.75, 3.05) is 18.6 Å². The van der Waals surface area contributed by atoms with Crippen LogP contribution in [0.2, 0.25) is 0 Å². The predicted octanol–water partition coefficient (Wildman–Crippen LogP) is 3.28. The van der Waals surface area contributed by atoms with Crippen molar-refractivity contribution in [3.05, 3.63) is 47.9 Å². The minimum Gasteiger partial charge on any atom is -0.382 e. The van der Waals surface area contributed by atoms with E-state index < -0.39 is 9.84 Å². The van der Waals surface area contributed by atoms with Gasteiger partial charge in [-0.15, -0.1) is 0 Å². The van der Waals surface area contributed by atoms with Gasteiger partial charge < -0.3 is 15.0 Å². The van der Waals surface area contributed by atoms with Crippen molar-refractivity contribution in [2.24, 2.45) is 0 Å². The standard InChI is InChI=1S/C20H26N4O3S/c1-14-13-22-19(21)17-18(14)24(20(23-17)15(2)27-3)11-7-8-12-28(25,26)16-9-5-4-6-10-16/h4-6,9-10,13,15H,7-8,11-12H2,1-3H3,(H2,21,22). The number of methoxy groups -OCH3 is 1. The third-order valence-corrected chi connectivity index (χ3v) is 6.69. The molecule has 8 heteroatoms. The van der Waals surface area contributed by atoms with Crippen molar-refractivity contribution in [1.82, 2.24) is 14.5 Å². The van der Waals surface area contributed by atoms with Crippen LogP contribution in [0.15, 0.2) is 41.4 Å². The van der Waals surface area contributed by atoms with Crippen molar-refractivity contribution in [3.63, 3.8) is 0 Å². The predicted molar refractivity (Wildman–Crippen MR) is 110 cm³/mol. The van der Waals surface area contributed by atoms with Gasteiger partial charge in [-0.05, 0) is 44.4 Å². The lowest BCUT2D eigenvalue weighted by atomic mass is 10.2. The molecule has 7 nitrogen and oxygen atoms in total. The van der Waals surface area contributed by atoms with Crippen molar-refractivity contribution >= 4 is 26.7 Å². The maximum atomic E-state index is 12.5. The van der Waals surface area contributed by atoms with E-state index in [0.717, 1.165) is 16.9 Å². The van der Waals surface area contributed by atoms with Gasteiger partial charge in [0.2, 0.25) is 0 Å². The van der Waals surface area contributed by atoms with Gasteiger partial charge in [-0.1, -0.05) is 18.2 Å². The van der Waals surface area contributed by atoms with Crippen molar-refractivity contribution in [3.8, 4) is 0 Å². The number of hydrogen-bond acceptors (Lipinski definition) is 6. The summed E-state index contributed by atoms with van der Waals surface area (Å²) >= 11 is 0. The summed E-state index contributed by atoms with van der Waals surface area (Å²) in [4.78, 5) is 9.21. The van der Waals surface area contributed by atoms with Gasteiger partial charge in [0, 0.05) is 19.9 Å². The van der Waals surface area contributed by atoms with Crippen LogP contribution < -0.4 is 5.73 Å². The first-order valence-corrected chi connectivity index (χ1v) is 10.9. The third kappa shape index (κ3) is 4.02. The lowest BCUT2D eigenvalue weighted by molar-refractivity contribution is 0.109. The molecule has 28 heavy (non-hydrogen) atoms. The van der Waals surface area contributed by atoms with Crippen molar-refractivity contribution in [1.29, 1.82) is 0 Å². The molecule has 0 aliphatic rings. The van der Waals surface area contributed by atoms with Crippen LogP contribution in [0.4, 0.5) is 5.82 Å². The van der Waals surface area contributed by atoms with E-state index in [1.807, 2.05) is 19.9 Å². The highest BCUT2D eigenvalue weighted by Gasteiger charge is 2.20. The van der Waals surface area contributed by atoms with Crippen LogP contribution >= 0.6 is 0 Å². The molecule has 0 radical (unpaired) electrons. The quantitative estimate of drug-likeness (QED) is 0.580. The molecule has 0 aliphatic carbocycles. The lowest BCUT2D eigenvalue weighted by Crippen LogP contribution is -2.11. The van der Waals surface area contributed by atoms with E-state index in [1.165, 1.54) is 0 Å². The monoisotopic (exact) mass is 402 g/mol. The molecule has 2 N–H and O–H groups in total. The minimum atomic E-state index is -3.27. The summed E-state index contributed by atoms with van der Waals surface area (Å²) in [5.74, 6) is 1.27. The molecule has 0 saturated heterocycles. The van der Waals surface area contributed by atoms with Crippen LogP contribution in [0, 0.1) is 6.92 Å². The SMILES string of the molecule is COC(C)c1nc2c(N)ncc(C)c2n1CCCCS(=O)(=O)c1ccccc1. The van der Waals surface area contributed by atoms with Gasteiger partial charge in [0.15, 0.2) is 15.7 Å². The highest BCUT2D eigenvalue weighted by atomic mass is 32.2. The van der Waals surface area contributed by atoms with E-state index in [4.69, 9.17) is 10.5 Å². The number of nitrogen functional groups attached to an aromatic ring is 1. The Morgan fingerprint density at radius 2 is 1.93 bits per heavy atom. The van der Waals surface area contributed by atoms with Gasteiger partial charge in [0.25, 0.3) is 0 Å². The van der Waals surface area contributed by atoms with Crippen molar-refractivity contribution < 1.29 is 13.2 Å². The van der Waals surface area contributed by atoms with E-state index in [1.54, 1.807) is 37.6 Å². The number of rotatable bonds is 8. The molecule has 0 fully saturated rings. The second-order valence-electron chi connectivity index (χ2n) is 6.86. The fourth-order valence-electron chi connectivity index (χ4n) is 3.29. The Morgan fingerprint density at radius 3 is 2.61 bits per heavy atom. The number of nitrogens with two attached hydrogens (primary N) is 1. The zero-order valence-corrected chi connectivity index (χ0v) is 17.2. The molecule has 150 valence electrons. The number of ether oxygens (including phenoxy) is 1. The first-order chi connectivity index (χ1) is 13.3. The summed E-state index contributed by atoms with van der Waals surface area (Å²) in [6.07, 6.45) is 2.77. The summed E-state index contributed by atoms with van der Waals surface area (Å²) in [7, 11) is -1.64. The van der Waals surface area contributed by atoms with E-state index in [9.17, 15) is 8.42 Å². The second kappa shape index (κ2) is 8.28. The van der Waals surface area contributed by atoms with Gasteiger partial charge >= 0.3 is 0 Å². The van der Waals surface area contributed by atoms with Crippen LogP contribution in [0.25, 0.3) is 11.0 Å². The van der Waals surface area contributed by atoms with E-state index in [0.29, 0.717) is 35.6 Å². The molecular formula is C20H26N4O3S. The number of anilines is 1. The van der Waals surface area contributed by atoms with Gasteiger partial charge in [0.05, 0.1) is 16.2 Å². The Balaban J connectivity index is 1.80. The van der Waals surface area contributed by atoms with Crippen LogP contribution in [-0.2, 0) is 21.1 Å². The molecule has 1 aromatic carbocycles. The van der Waals surface area contributed by atoms with E-state index in [2.05, 4.69) is 14.5 Å². The summed E-state index contributed by atoms with van der Waals surface area (Å²) in [5.41, 5.74) is 8.58. The minimum absolute atomic E-state index is 0.113. The fourth-order valence-corrected chi connectivity index (χ4v) is 4.68. The second-order valence-corrected chi connectivity index (χ2v) is 8.97. The number of pyridine rings is 1. The largest absolute Gasteiger partial charge is 0.382 e. The number of hydrogen-bond donors (Lipinski definition) is 1. The molecule has 1 unspecified atom stereocenters. The first kappa shape index (κ1) is 20.3. The van der Waals surface area contributed by atoms with Crippen LogP contribution in [0.3, 0.4) is 0 Å². The van der Waals surface area contributed by atoms with Gasteiger partial charge in [-0.25, -0.2) is 18.4 Å². The van der Waals surface area contributed by atoms with Crippen LogP contribution in [-0.4, -0.2) is 35.8 Å². The number of aromatic nitrogens is 3. The molecule has 0 saturated carbocycles. The summed E-state index contributed by atoms with van der Waals surface area (Å²) in [6.45, 7) is 4.53. The van der Waals surface area contributed by atoms with E-state index >= 15 is 0 Å². The molecule has 1 atom stereocenters. The summed E-state index contributed by atoms with van der Waals surface area (Å²) in [6, 6.07) is 8.56. The van der Waals surface area contributed by atoms with Crippen LogP contribution in [0.5, 0.6) is 0 Å². The molecule has 2 heterocycles. The maximum Gasteiger partial charge on any atom is 0.178 e. The number of imidazole rings is 1. The Hall–Kier alpha value is -2.45. The molecule has 2 aromatic heterocycles. The zero-order chi connectivity index (χ0) is 20.3. The highest BCUT2D eigenvalue weighted by molar-refractivity contribution is 7.91. The Kier molecular flexibility index (Phi) is 6.00. The molecule has 0 amide bonds. The van der Waals surface area contributed by atoms with Gasteiger partial charge in [-0.3, -0.25) is 0 Å². The highest BCUT2D eigenvalue weighted by Crippen LogP contribution is 2.28. The Labute approximate surface area is 165 Å². The smallest absolute Gasteiger partial charge is 0.178 e. The number of benzene rings is 1. The number of sulfone groups is 1. The summed E-state index contributed by atoms with van der Waals surface area (Å²) < 4.78 is 32.5. The lowest BCUT2D eigenvalue weighted by Gasteiger charge is -2.14. The molecule has 3 rings (SSSR count). The summed E-state index contributed by atoms with van der Waals surface area (Å²) in [5, 5.41) is 0. The van der Waals surface area contributed by atoms with Crippen LogP contribution in [0.1, 0.15) is 37.3 Å². The third-order valence-electron chi connectivity index (χ3n) is 4.87. The number of aryl methyl sites for hydroxylation is 2. The molecule has 3 aromatic rings. The topological polar surface area (TPSA) is 100 Å². The number of fused-ring (bicyclic) bond motifs is 1. The Morgan fingerprint density at radius 1 is 1.21 bits per heavy atom. The zero-order valence-electron chi connectivity index (χ0n) is 16.4. The first-order valence-electron chi connectivity index (χ1n) is 9.27. The van der Waals surface area contributed by atoms with Gasteiger partial charge in [0.1, 0.15) is 17.4 Å². The van der Waals surface area contributed by atoms with Gasteiger partial charge in [-0.2, -0.15) is 0 Å². The molecule has 0 spiro atoms. The number of unbranched alkanes of at least 4 members (excludes halogenated alkanes) is 1. The van der Waals surface area contributed by atoms with E-state index in [-0.39, 0.29) is 11.9 Å². The normalized spacial score (nSPS) is 13.1. The fraction of sp³-hybridized carbons (Fsp3) is 0.400. The maximum absolute atomic E-state index is 12.5. The Bertz CT molecular complexity index is 1060. The molecule has 0 bridgehead atoms. The van der Waals surface area contributed by atoms with Crippen molar-refractivity contribution in [2.45, 2.75) is 44.2 Å². The molecule has 0 aliphatic heterocycles. The average molecular weight is 403 g/mol. The average Bonchev–Trinajstić information content (AvgIpc) is 3.09.